The summed E-state index contributed by atoms with van der Waals surface area (Å²) in [6.07, 6.45) is 0. The summed E-state index contributed by atoms with van der Waals surface area (Å²) in [4.78, 5) is 13.4. The third-order valence-electron chi connectivity index (χ3n) is 1.10. The second kappa shape index (κ2) is 13.4. The maximum atomic E-state index is 10.1. The molecule has 0 saturated heterocycles. The molecule has 0 aliphatic rings. The number of aromatic carboxylic acids is 1. The molecule has 0 unspecified atom stereocenters. The predicted molar refractivity (Wildman–Crippen MR) is 57.6 cm³/mol. The normalized spacial score (nSPS) is 6.93. The van der Waals surface area contributed by atoms with Crippen molar-refractivity contribution in [1.29, 1.82) is 0 Å². The molecule has 0 saturated carbocycles. The number of carboxylic acid groups (broad SMARTS) is 1. The number of thiocarbonyl (C=S) groups is 1. The van der Waals surface area contributed by atoms with Gasteiger partial charge in [-0.15, -0.1) is 0 Å². The topological polar surface area (TPSA) is 52.5 Å². The summed E-state index contributed by atoms with van der Waals surface area (Å²) in [5.74, 6) is -1.13. The molecule has 0 N–H and O–H groups in total. The third-order valence-corrected chi connectivity index (χ3v) is 1.28. The molecule has 0 spiro atoms. The van der Waals surface area contributed by atoms with Crippen LogP contribution in [0.25, 0.3) is 0 Å². The van der Waals surface area contributed by atoms with Crippen LogP contribution in [0.4, 0.5) is 0 Å². The molecule has 0 atom stereocenters. The maximum absolute atomic E-state index is 10.1. The second-order valence-electron chi connectivity index (χ2n) is 1.97. The molecule has 3 nitrogen and oxygen atoms in total. The van der Waals surface area contributed by atoms with Gasteiger partial charge < -0.3 is 9.90 Å². The minimum atomic E-state index is -1.13. The van der Waals surface area contributed by atoms with Gasteiger partial charge in [0.1, 0.15) is 0 Å². The monoisotopic (exact) mass is 411 g/mol. The molecule has 5 heteroatoms. The molecule has 0 bridgehead atoms. The third kappa shape index (κ3) is 11.4. The summed E-state index contributed by atoms with van der Waals surface area (Å²) >= 11 is 5.16. The fraction of sp³-hybridized carbons (Fsp3) is 0.200. The Kier molecular flexibility index (Phi) is 15.1. The van der Waals surface area contributed by atoms with E-state index >= 15 is 0 Å². The molecule has 1 aromatic carbocycles. The van der Waals surface area contributed by atoms with Gasteiger partial charge in [0, 0.05) is 7.05 Å². The Balaban J connectivity index is 0. The zero-order valence-corrected chi connectivity index (χ0v) is 15.1. The average Bonchev–Trinajstić information content (AvgIpc) is 2.33. The SMILES string of the molecule is CN=C=S.O=C([O-])c1ccccc1.[CH3][Hg+]. The van der Waals surface area contributed by atoms with Crippen LogP contribution >= 0.6 is 12.2 Å². The van der Waals surface area contributed by atoms with Crippen LogP contribution < -0.4 is 5.11 Å². The first-order chi connectivity index (χ1) is 7.22. The summed E-state index contributed by atoms with van der Waals surface area (Å²) < 4.78 is 2.19. The van der Waals surface area contributed by atoms with Crippen LogP contribution in [0.15, 0.2) is 35.3 Å². The Bertz CT molecular complexity index is 310. The van der Waals surface area contributed by atoms with E-state index in [0.29, 0.717) is 0 Å². The number of carbonyl (C=O) groups is 1. The van der Waals surface area contributed by atoms with E-state index in [1.54, 1.807) is 25.2 Å². The number of rotatable bonds is 1. The van der Waals surface area contributed by atoms with Gasteiger partial charge in [-0.3, -0.25) is 0 Å². The Morgan fingerprint density at radius 3 is 2.00 bits per heavy atom. The summed E-state index contributed by atoms with van der Waals surface area (Å²) in [5.41, 5.74) is 0.220. The standard InChI is InChI=1S/C7H6O2.C2H3NS.CH3.Hg/c8-7(9)6-4-2-1-3-5-6;1-3-2-4;;/h1-5H,(H,8,9);1H3;1H3;/q;;;+1/p-1. The average molecular weight is 410 g/mol. The summed E-state index contributed by atoms with van der Waals surface area (Å²) in [7, 11) is 1.59. The van der Waals surface area contributed by atoms with Gasteiger partial charge in [-0.1, -0.05) is 30.3 Å². The molecule has 0 fully saturated rings. The molecule has 76 valence electrons. The minimum absolute atomic E-state index is 0.220. The van der Waals surface area contributed by atoms with Gasteiger partial charge in [-0.05, 0) is 17.8 Å². The molecule has 0 heterocycles. The van der Waals surface area contributed by atoms with Crippen molar-refractivity contribution in [1.82, 2.24) is 0 Å². The van der Waals surface area contributed by atoms with Crippen molar-refractivity contribution >= 4 is 23.3 Å². The molecule has 1 rings (SSSR count). The van der Waals surface area contributed by atoms with Crippen LogP contribution in [0.5, 0.6) is 0 Å². The van der Waals surface area contributed by atoms with Crippen molar-refractivity contribution in [3.8, 4) is 0 Å². The fourth-order valence-corrected chi connectivity index (χ4v) is 0.574. The zero-order valence-electron chi connectivity index (χ0n) is 8.77. The van der Waals surface area contributed by atoms with E-state index < -0.39 is 5.97 Å². The van der Waals surface area contributed by atoms with E-state index in [1.807, 2.05) is 0 Å². The Morgan fingerprint density at radius 1 is 1.40 bits per heavy atom. The van der Waals surface area contributed by atoms with E-state index in [4.69, 9.17) is 0 Å². The van der Waals surface area contributed by atoms with E-state index in [0.717, 1.165) is 26.1 Å². The Hall–Kier alpha value is -0.575. The molecule has 15 heavy (non-hydrogen) atoms. The van der Waals surface area contributed by atoms with Crippen molar-refractivity contribution in [3.63, 3.8) is 0 Å². The van der Waals surface area contributed by atoms with E-state index in [9.17, 15) is 9.90 Å². The number of hydrogen-bond donors (Lipinski definition) is 0. The van der Waals surface area contributed by atoms with E-state index in [-0.39, 0.29) is 5.56 Å². The number of hydrogen-bond acceptors (Lipinski definition) is 4. The van der Waals surface area contributed by atoms with Crippen LogP contribution in [0.2, 0.25) is 4.43 Å². The summed E-state index contributed by atoms with van der Waals surface area (Å²) in [6, 6.07) is 8.06. The van der Waals surface area contributed by atoms with E-state index in [1.165, 1.54) is 12.1 Å². The van der Waals surface area contributed by atoms with Crippen molar-refractivity contribution in [2.75, 3.05) is 7.05 Å². The van der Waals surface area contributed by atoms with Gasteiger partial charge in [0.15, 0.2) is 0 Å². The molecule has 1 aromatic rings. The molecule has 0 aromatic heterocycles. The van der Waals surface area contributed by atoms with E-state index in [2.05, 4.69) is 26.8 Å². The first kappa shape index (κ1) is 16.8. The number of isothiocyanates is 1. The second-order valence-corrected chi connectivity index (χ2v) is 2.15. The van der Waals surface area contributed by atoms with Gasteiger partial charge in [0.05, 0.1) is 11.1 Å². The number of carboxylic acids is 1. The predicted octanol–water partition coefficient (Wildman–Crippen LogP) is 1.35. The van der Waals surface area contributed by atoms with Crippen LogP contribution in [0.1, 0.15) is 10.4 Å². The van der Waals surface area contributed by atoms with Crippen molar-refractivity contribution in [3.05, 3.63) is 35.9 Å². The molecular weight excluding hydrogens is 399 g/mol. The number of carbonyl (C=O) groups excluding carboxylic acids is 1. The number of benzene rings is 1. The van der Waals surface area contributed by atoms with Crippen LogP contribution in [0.3, 0.4) is 0 Å². The van der Waals surface area contributed by atoms with Crippen LogP contribution in [-0.2, 0) is 26.1 Å². The first-order valence-corrected chi connectivity index (χ1v) is 10.1. The van der Waals surface area contributed by atoms with Crippen molar-refractivity contribution in [2.24, 2.45) is 4.99 Å². The number of aliphatic imine (C=N–C) groups is 1. The molecular formula is C10H11HgNO2S. The van der Waals surface area contributed by atoms with Gasteiger partial charge in [-0.2, -0.15) is 0 Å². The van der Waals surface area contributed by atoms with Crippen molar-refractivity contribution < 1.29 is 36.0 Å². The zero-order chi connectivity index (χ0) is 12.1. The Morgan fingerprint density at radius 2 is 1.80 bits per heavy atom. The quantitative estimate of drug-likeness (QED) is 0.400. The fourth-order valence-electron chi connectivity index (χ4n) is 0.574. The summed E-state index contributed by atoms with van der Waals surface area (Å²) in [5, 5.41) is 12.2. The molecule has 0 aliphatic heterocycles. The van der Waals surface area contributed by atoms with Gasteiger partial charge >= 0.3 is 30.6 Å². The van der Waals surface area contributed by atoms with Gasteiger partial charge in [0.2, 0.25) is 0 Å². The molecule has 0 radical (unpaired) electrons. The molecule has 0 amide bonds. The van der Waals surface area contributed by atoms with Crippen molar-refractivity contribution in [2.45, 2.75) is 4.43 Å². The first-order valence-electron chi connectivity index (χ1n) is 4.15. The Labute approximate surface area is 111 Å². The van der Waals surface area contributed by atoms with Crippen LogP contribution in [-0.4, -0.2) is 18.2 Å². The number of nitrogens with zero attached hydrogens (tertiary/aromatic N) is 1. The summed E-state index contributed by atoms with van der Waals surface area (Å²) in [6.45, 7) is 0. The van der Waals surface area contributed by atoms with Gasteiger partial charge in [0.25, 0.3) is 0 Å². The molecule has 0 aliphatic carbocycles. The van der Waals surface area contributed by atoms with Crippen LogP contribution in [0, 0.1) is 0 Å². The van der Waals surface area contributed by atoms with Gasteiger partial charge in [-0.25, -0.2) is 4.99 Å².